The minimum Gasteiger partial charge on any atom is -0.475 e. The number of ether oxygens (including phenoxy) is 1. The van der Waals surface area contributed by atoms with Gasteiger partial charge in [0.25, 0.3) is 0 Å². The zero-order chi connectivity index (χ0) is 24.3. The van der Waals surface area contributed by atoms with E-state index in [1.54, 1.807) is 0 Å². The predicted octanol–water partition coefficient (Wildman–Crippen LogP) is 4.48. The molecule has 1 unspecified atom stereocenters. The monoisotopic (exact) mass is 479 g/mol. The first kappa shape index (κ1) is 23.2. The first-order chi connectivity index (χ1) is 17.7. The number of hydrogen-bond donors (Lipinski definition) is 1. The number of pyridine rings is 1. The molecule has 1 aliphatic heterocycles. The average molecular weight is 480 g/mol. The van der Waals surface area contributed by atoms with Crippen molar-refractivity contribution < 1.29 is 9.84 Å². The lowest BCUT2D eigenvalue weighted by Crippen LogP contribution is -2.50. The van der Waals surface area contributed by atoms with Gasteiger partial charge in [0.1, 0.15) is 12.7 Å². The number of fused-ring (bicyclic) bond motifs is 3. The third kappa shape index (κ3) is 4.87. The molecule has 184 valence electrons. The molecule has 1 aromatic heterocycles. The van der Waals surface area contributed by atoms with E-state index in [-0.39, 0.29) is 6.61 Å². The first-order valence-electron chi connectivity index (χ1n) is 13.0. The van der Waals surface area contributed by atoms with Gasteiger partial charge in [-0.3, -0.25) is 9.80 Å². The van der Waals surface area contributed by atoms with Crippen LogP contribution in [0.2, 0.25) is 0 Å². The van der Waals surface area contributed by atoms with Gasteiger partial charge >= 0.3 is 0 Å². The fourth-order valence-corrected chi connectivity index (χ4v) is 5.75. The molecule has 6 rings (SSSR count). The highest BCUT2D eigenvalue weighted by atomic mass is 16.5. The van der Waals surface area contributed by atoms with E-state index in [2.05, 4.69) is 63.3 Å². The Bertz CT molecular complexity index is 1280. The minimum atomic E-state index is -0.552. The summed E-state index contributed by atoms with van der Waals surface area (Å²) in [5.41, 5.74) is 6.74. The summed E-state index contributed by atoms with van der Waals surface area (Å²) >= 11 is 0. The van der Waals surface area contributed by atoms with E-state index in [0.29, 0.717) is 18.5 Å². The molecule has 1 atom stereocenters. The highest BCUT2D eigenvalue weighted by Gasteiger charge is 2.31. The second-order valence-electron chi connectivity index (χ2n) is 9.94. The molecule has 2 heterocycles. The Morgan fingerprint density at radius 2 is 1.42 bits per heavy atom. The Labute approximate surface area is 213 Å². The molecule has 0 amide bonds. The number of hydrogen-bond acceptors (Lipinski definition) is 5. The third-order valence-corrected chi connectivity index (χ3v) is 7.60. The number of piperazine rings is 1. The van der Waals surface area contributed by atoms with Gasteiger partial charge in [0.2, 0.25) is 5.88 Å². The van der Waals surface area contributed by atoms with E-state index in [0.717, 1.165) is 49.9 Å². The number of aliphatic hydroxyl groups excluding tert-OH is 1. The number of aromatic nitrogens is 1. The number of rotatable bonds is 6. The Morgan fingerprint density at radius 3 is 2.14 bits per heavy atom. The van der Waals surface area contributed by atoms with Gasteiger partial charge in [0.05, 0.1) is 11.6 Å². The molecule has 4 aromatic rings. The molecule has 0 saturated carbocycles. The van der Waals surface area contributed by atoms with Crippen molar-refractivity contribution in [2.75, 3.05) is 39.3 Å². The number of aryl methyl sites for hydroxylation is 2. The number of para-hydroxylation sites is 1. The normalized spacial score (nSPS) is 17.8. The summed E-state index contributed by atoms with van der Waals surface area (Å²) < 4.78 is 5.83. The summed E-state index contributed by atoms with van der Waals surface area (Å²) in [7, 11) is 0. The maximum Gasteiger partial charge on any atom is 0.213 e. The summed E-state index contributed by atoms with van der Waals surface area (Å²) in [6.45, 7) is 4.69. The SMILES string of the molecule is OC(COc1ccc2ccccc2n1)CN1CCN(C2c3ccccc3CCc3ccccc32)CC1. The molecule has 5 nitrogen and oxygen atoms in total. The van der Waals surface area contributed by atoms with Gasteiger partial charge in [-0.05, 0) is 47.2 Å². The Balaban J connectivity index is 1.08. The number of aliphatic hydroxyl groups is 1. The van der Waals surface area contributed by atoms with Crippen molar-refractivity contribution in [1.29, 1.82) is 0 Å². The van der Waals surface area contributed by atoms with Crippen LogP contribution >= 0.6 is 0 Å². The van der Waals surface area contributed by atoms with Gasteiger partial charge in [0.15, 0.2) is 0 Å². The van der Waals surface area contributed by atoms with Gasteiger partial charge in [-0.15, -0.1) is 0 Å². The molecule has 1 aliphatic carbocycles. The van der Waals surface area contributed by atoms with Crippen molar-refractivity contribution in [2.45, 2.75) is 25.0 Å². The zero-order valence-electron chi connectivity index (χ0n) is 20.6. The lowest BCUT2D eigenvalue weighted by atomic mass is 9.92. The minimum absolute atomic E-state index is 0.245. The number of nitrogens with zero attached hydrogens (tertiary/aromatic N) is 3. The van der Waals surface area contributed by atoms with Crippen LogP contribution in [-0.4, -0.2) is 65.3 Å². The second kappa shape index (κ2) is 10.4. The molecule has 3 aromatic carbocycles. The van der Waals surface area contributed by atoms with Crippen LogP contribution in [-0.2, 0) is 12.8 Å². The molecule has 0 bridgehead atoms. The highest BCUT2D eigenvalue weighted by Crippen LogP contribution is 2.37. The van der Waals surface area contributed by atoms with Gasteiger partial charge in [-0.25, -0.2) is 4.98 Å². The Morgan fingerprint density at radius 1 is 0.778 bits per heavy atom. The molecular weight excluding hydrogens is 446 g/mol. The second-order valence-corrected chi connectivity index (χ2v) is 9.94. The van der Waals surface area contributed by atoms with Crippen LogP contribution in [0.25, 0.3) is 10.9 Å². The van der Waals surface area contributed by atoms with Crippen LogP contribution in [0, 0.1) is 0 Å². The molecule has 1 saturated heterocycles. The maximum atomic E-state index is 10.7. The Hall–Kier alpha value is -3.25. The number of benzene rings is 3. The zero-order valence-corrected chi connectivity index (χ0v) is 20.6. The smallest absolute Gasteiger partial charge is 0.213 e. The Kier molecular flexibility index (Phi) is 6.69. The van der Waals surface area contributed by atoms with Crippen molar-refractivity contribution >= 4 is 10.9 Å². The highest BCUT2D eigenvalue weighted by molar-refractivity contribution is 5.78. The van der Waals surface area contributed by atoms with Crippen molar-refractivity contribution in [1.82, 2.24) is 14.8 Å². The fourth-order valence-electron chi connectivity index (χ4n) is 5.75. The topological polar surface area (TPSA) is 48.8 Å². The fraction of sp³-hybridized carbons (Fsp3) is 0.323. The molecule has 0 spiro atoms. The lowest BCUT2D eigenvalue weighted by Gasteiger charge is -2.40. The molecule has 5 heteroatoms. The standard InChI is InChI=1S/C31H33N3O2/c35-26(22-36-30-16-15-25-9-3-6-12-29(25)32-30)21-33-17-19-34(20-18-33)31-27-10-4-1-7-23(27)13-14-24-8-2-5-11-28(24)31/h1-12,15-16,26,31,35H,13-14,17-22H2. The van der Waals surface area contributed by atoms with Crippen molar-refractivity contribution in [3.05, 3.63) is 107 Å². The van der Waals surface area contributed by atoms with Crippen molar-refractivity contribution in [3.63, 3.8) is 0 Å². The third-order valence-electron chi connectivity index (χ3n) is 7.60. The van der Waals surface area contributed by atoms with Crippen LogP contribution in [0.1, 0.15) is 28.3 Å². The van der Waals surface area contributed by atoms with E-state index in [9.17, 15) is 5.11 Å². The van der Waals surface area contributed by atoms with Gasteiger partial charge in [-0.2, -0.15) is 0 Å². The van der Waals surface area contributed by atoms with Gasteiger partial charge < -0.3 is 9.84 Å². The summed E-state index contributed by atoms with van der Waals surface area (Å²) in [6.07, 6.45) is 1.65. The molecule has 2 aliphatic rings. The summed E-state index contributed by atoms with van der Waals surface area (Å²) in [5, 5.41) is 11.8. The van der Waals surface area contributed by atoms with Crippen LogP contribution in [0.4, 0.5) is 0 Å². The lowest BCUT2D eigenvalue weighted by molar-refractivity contribution is 0.0391. The van der Waals surface area contributed by atoms with Crippen LogP contribution in [0.15, 0.2) is 84.9 Å². The molecular formula is C31H33N3O2. The summed E-state index contributed by atoms with van der Waals surface area (Å²) in [6, 6.07) is 30.1. The van der Waals surface area contributed by atoms with E-state index in [1.807, 2.05) is 36.4 Å². The van der Waals surface area contributed by atoms with E-state index in [4.69, 9.17) is 4.74 Å². The molecule has 0 radical (unpaired) electrons. The van der Waals surface area contributed by atoms with Crippen LogP contribution in [0.5, 0.6) is 5.88 Å². The predicted molar refractivity (Wildman–Crippen MR) is 143 cm³/mol. The first-order valence-corrected chi connectivity index (χ1v) is 13.0. The maximum absolute atomic E-state index is 10.7. The van der Waals surface area contributed by atoms with Crippen LogP contribution < -0.4 is 4.74 Å². The molecule has 1 fully saturated rings. The van der Waals surface area contributed by atoms with E-state index >= 15 is 0 Å². The quantitative estimate of drug-likeness (QED) is 0.442. The average Bonchev–Trinajstić information content (AvgIpc) is 3.09. The molecule has 1 N–H and O–H groups in total. The van der Waals surface area contributed by atoms with E-state index < -0.39 is 6.10 Å². The van der Waals surface area contributed by atoms with Crippen molar-refractivity contribution in [3.8, 4) is 5.88 Å². The van der Waals surface area contributed by atoms with Crippen LogP contribution in [0.3, 0.4) is 0 Å². The summed E-state index contributed by atoms with van der Waals surface area (Å²) in [4.78, 5) is 9.53. The summed E-state index contributed by atoms with van der Waals surface area (Å²) in [5.74, 6) is 0.559. The number of β-amino-alcohol motifs (C(OH)–C–C–N with tert-alkyl or cyclic N) is 1. The molecule has 36 heavy (non-hydrogen) atoms. The van der Waals surface area contributed by atoms with E-state index in [1.165, 1.54) is 22.3 Å². The van der Waals surface area contributed by atoms with Gasteiger partial charge in [-0.1, -0.05) is 66.7 Å². The van der Waals surface area contributed by atoms with Gasteiger partial charge in [0, 0.05) is 44.2 Å². The van der Waals surface area contributed by atoms with Crippen molar-refractivity contribution in [2.24, 2.45) is 0 Å². The largest absolute Gasteiger partial charge is 0.475 e.